The number of allylic oxidation sites excluding steroid dienone is 4. The number of aryl methyl sites for hydroxylation is 2. The van der Waals surface area contributed by atoms with E-state index in [0.717, 1.165) is 47.1 Å². The van der Waals surface area contributed by atoms with Crippen molar-refractivity contribution < 1.29 is 9.13 Å². The van der Waals surface area contributed by atoms with E-state index in [-0.39, 0.29) is 28.8 Å². The van der Waals surface area contributed by atoms with Crippen molar-refractivity contribution in [3.05, 3.63) is 86.3 Å². The second-order valence-electron chi connectivity index (χ2n) is 9.11. The molecule has 2 aliphatic carbocycles. The minimum Gasteiger partial charge on any atom is -0.487 e. The Morgan fingerprint density at radius 2 is 1.89 bits per heavy atom. The van der Waals surface area contributed by atoms with E-state index in [2.05, 4.69) is 18.2 Å². The fourth-order valence-electron chi connectivity index (χ4n) is 5.37. The van der Waals surface area contributed by atoms with Crippen LogP contribution < -0.4 is 10.5 Å². The largest absolute Gasteiger partial charge is 0.487 e. The van der Waals surface area contributed by atoms with E-state index < -0.39 is 17.2 Å². The normalized spacial score (nSPS) is 20.7. The van der Waals surface area contributed by atoms with E-state index in [4.69, 9.17) is 22.1 Å². The molecule has 2 atom stereocenters. The molecule has 2 aromatic carbocycles. The average molecular weight is 487 g/mol. The van der Waals surface area contributed by atoms with Gasteiger partial charge in [-0.25, -0.2) is 4.39 Å². The Morgan fingerprint density at radius 1 is 1.14 bits per heavy atom. The molecule has 2 aromatic rings. The van der Waals surface area contributed by atoms with Gasteiger partial charge in [0.1, 0.15) is 24.2 Å². The second kappa shape index (κ2) is 9.46. The molecule has 0 heterocycles. The van der Waals surface area contributed by atoms with Gasteiger partial charge in [-0.1, -0.05) is 29.8 Å². The van der Waals surface area contributed by atoms with Gasteiger partial charge in [-0.05, 0) is 85.1 Å². The third kappa shape index (κ3) is 4.03. The Hall–Kier alpha value is -3.79. The Labute approximate surface area is 209 Å². The maximum atomic E-state index is 13.4. The monoisotopic (exact) mass is 486 g/mol. The van der Waals surface area contributed by atoms with Gasteiger partial charge in [0.15, 0.2) is 5.41 Å². The second-order valence-corrected chi connectivity index (χ2v) is 9.51. The lowest BCUT2D eigenvalue weighted by Crippen LogP contribution is -2.43. The Morgan fingerprint density at radius 3 is 2.54 bits per heavy atom. The molecule has 35 heavy (non-hydrogen) atoms. The molecule has 0 saturated heterocycles. The van der Waals surface area contributed by atoms with Crippen molar-refractivity contribution in [2.24, 2.45) is 17.1 Å². The summed E-state index contributed by atoms with van der Waals surface area (Å²) in [5, 5.41) is 30.6. The van der Waals surface area contributed by atoms with Crippen molar-refractivity contribution in [1.82, 2.24) is 0 Å². The molecule has 176 valence electrons. The number of benzene rings is 2. The van der Waals surface area contributed by atoms with Crippen molar-refractivity contribution in [3.63, 3.8) is 0 Å². The number of ether oxygens (including phenoxy) is 1. The first-order valence-electron chi connectivity index (χ1n) is 11.4. The van der Waals surface area contributed by atoms with Crippen LogP contribution in [0.5, 0.6) is 5.75 Å². The van der Waals surface area contributed by atoms with Crippen molar-refractivity contribution >= 4 is 11.6 Å². The van der Waals surface area contributed by atoms with E-state index in [9.17, 15) is 20.2 Å². The highest BCUT2D eigenvalue weighted by Gasteiger charge is 2.54. The van der Waals surface area contributed by atoms with Crippen molar-refractivity contribution in [3.8, 4) is 24.0 Å². The summed E-state index contributed by atoms with van der Waals surface area (Å²) in [6, 6.07) is 14.5. The fourth-order valence-corrected chi connectivity index (χ4v) is 5.59. The van der Waals surface area contributed by atoms with Gasteiger partial charge in [0.2, 0.25) is 0 Å². The third-order valence-electron chi connectivity index (χ3n) is 7.14. The number of halogens is 2. The van der Waals surface area contributed by atoms with E-state index in [1.54, 1.807) is 0 Å². The first kappa shape index (κ1) is 24.3. The summed E-state index contributed by atoms with van der Waals surface area (Å²) in [6.45, 7) is 4.08. The Bertz CT molecular complexity index is 1380. The van der Waals surface area contributed by atoms with Crippen LogP contribution in [0.2, 0.25) is 5.02 Å². The van der Waals surface area contributed by atoms with Crippen LogP contribution in [0.4, 0.5) is 4.39 Å². The molecule has 0 fully saturated rings. The molecular weight excluding hydrogens is 463 g/mol. The maximum Gasteiger partial charge on any atom is 0.191 e. The Balaban J connectivity index is 1.83. The van der Waals surface area contributed by atoms with Crippen LogP contribution in [0, 0.1) is 65.0 Å². The van der Waals surface area contributed by atoms with Crippen LogP contribution in [0.1, 0.15) is 47.4 Å². The number of nitriles is 3. The molecule has 0 saturated carbocycles. The van der Waals surface area contributed by atoms with Gasteiger partial charge in [-0.2, -0.15) is 15.8 Å². The smallest absolute Gasteiger partial charge is 0.191 e. The molecule has 7 heteroatoms. The highest BCUT2D eigenvalue weighted by atomic mass is 35.5. The highest BCUT2D eigenvalue weighted by Crippen LogP contribution is 2.56. The molecule has 0 amide bonds. The summed E-state index contributed by atoms with van der Waals surface area (Å²) in [4.78, 5) is 0. The molecule has 5 nitrogen and oxygen atoms in total. The van der Waals surface area contributed by atoms with Crippen LogP contribution >= 0.6 is 11.6 Å². The van der Waals surface area contributed by atoms with Gasteiger partial charge < -0.3 is 10.5 Å². The zero-order valence-electron chi connectivity index (χ0n) is 19.5. The summed E-state index contributed by atoms with van der Waals surface area (Å²) in [5.41, 5.74) is 9.45. The van der Waals surface area contributed by atoms with E-state index in [0.29, 0.717) is 5.75 Å². The van der Waals surface area contributed by atoms with Crippen LogP contribution in [0.15, 0.2) is 53.3 Å². The number of nitrogens with two attached hydrogens (primary N) is 1. The van der Waals surface area contributed by atoms with Crippen molar-refractivity contribution in [1.29, 1.82) is 15.8 Å². The van der Waals surface area contributed by atoms with E-state index in [1.165, 1.54) is 18.2 Å². The molecule has 2 aliphatic rings. The predicted octanol–water partition coefficient (Wildman–Crippen LogP) is 6.27. The third-order valence-corrected chi connectivity index (χ3v) is 7.43. The van der Waals surface area contributed by atoms with Crippen molar-refractivity contribution in [2.75, 3.05) is 0 Å². The molecule has 0 aromatic heterocycles. The first-order valence-corrected chi connectivity index (χ1v) is 11.8. The minimum absolute atomic E-state index is 0.0234. The van der Waals surface area contributed by atoms with Gasteiger partial charge in [0, 0.05) is 5.92 Å². The van der Waals surface area contributed by atoms with Gasteiger partial charge in [-0.3, -0.25) is 0 Å². The summed E-state index contributed by atoms with van der Waals surface area (Å²) in [6.07, 6.45) is 4.51. The van der Waals surface area contributed by atoms with Gasteiger partial charge >= 0.3 is 0 Å². The van der Waals surface area contributed by atoms with Gasteiger partial charge in [0.05, 0.1) is 28.4 Å². The standard InChI is InChI=1S/C28H24ClFN4O/c1-16-9-17(2)22(10-18(16)13-35-25-8-7-19(30)11-24(25)29)26-21-6-4-3-5-20(21)23(12-31)27(34)28(26,14-32)15-33/h5,7-11,21,26H,3-4,6,13,34H2,1-2H3/t21-,26+/m0/s1. The molecule has 0 unspecified atom stereocenters. The first-order chi connectivity index (χ1) is 16.8. The fraction of sp³-hybridized carbons (Fsp3) is 0.321. The minimum atomic E-state index is -1.66. The van der Waals surface area contributed by atoms with E-state index >= 15 is 0 Å². The van der Waals surface area contributed by atoms with Gasteiger partial charge in [-0.15, -0.1) is 0 Å². The van der Waals surface area contributed by atoms with Crippen LogP contribution in [0.3, 0.4) is 0 Å². The van der Waals surface area contributed by atoms with E-state index in [1.807, 2.05) is 32.1 Å². The van der Waals surface area contributed by atoms with Crippen molar-refractivity contribution in [2.45, 2.75) is 45.6 Å². The number of hydrogen-bond acceptors (Lipinski definition) is 5. The van der Waals surface area contributed by atoms with Gasteiger partial charge in [0.25, 0.3) is 0 Å². The lowest BCUT2D eigenvalue weighted by molar-refractivity contribution is 0.301. The zero-order chi connectivity index (χ0) is 25.3. The quantitative estimate of drug-likeness (QED) is 0.548. The number of hydrogen-bond donors (Lipinski definition) is 1. The maximum absolute atomic E-state index is 13.4. The SMILES string of the molecule is Cc1cc(C)c([C@H]2[C@H]3CCCC=C3C(C#N)=C(N)C2(C#N)C#N)cc1COc1ccc(F)cc1Cl. The summed E-state index contributed by atoms with van der Waals surface area (Å²) in [7, 11) is 0. The molecule has 2 N–H and O–H groups in total. The lowest BCUT2D eigenvalue weighted by atomic mass is 9.56. The molecule has 4 rings (SSSR count). The van der Waals surface area contributed by atoms with Crippen LogP contribution in [-0.2, 0) is 6.61 Å². The van der Waals surface area contributed by atoms with Crippen LogP contribution in [-0.4, -0.2) is 0 Å². The molecule has 0 aliphatic heterocycles. The Kier molecular flexibility index (Phi) is 6.58. The molecule has 0 spiro atoms. The van der Waals surface area contributed by atoms with Crippen LogP contribution in [0.25, 0.3) is 0 Å². The number of fused-ring (bicyclic) bond motifs is 1. The molecule has 0 radical (unpaired) electrons. The topological polar surface area (TPSA) is 107 Å². The number of nitrogens with zero attached hydrogens (tertiary/aromatic N) is 3. The molecule has 0 bridgehead atoms. The summed E-state index contributed by atoms with van der Waals surface area (Å²) >= 11 is 6.12. The summed E-state index contributed by atoms with van der Waals surface area (Å²) < 4.78 is 19.3. The highest BCUT2D eigenvalue weighted by molar-refractivity contribution is 6.32. The number of rotatable bonds is 4. The molecular formula is C28H24ClFN4O. The average Bonchev–Trinajstić information content (AvgIpc) is 2.84. The predicted molar refractivity (Wildman–Crippen MR) is 130 cm³/mol. The zero-order valence-corrected chi connectivity index (χ0v) is 20.3. The summed E-state index contributed by atoms with van der Waals surface area (Å²) in [5.74, 6) is -0.794. The lowest BCUT2D eigenvalue weighted by Gasteiger charge is -2.44.